The quantitative estimate of drug-likeness (QED) is 0.755. The second-order valence-electron chi connectivity index (χ2n) is 5.68. The van der Waals surface area contributed by atoms with Gasteiger partial charge in [0, 0.05) is 18.1 Å². The van der Waals surface area contributed by atoms with Crippen molar-refractivity contribution in [3.05, 3.63) is 0 Å². The van der Waals surface area contributed by atoms with Crippen LogP contribution in [0.3, 0.4) is 0 Å². The molecule has 2 atom stereocenters. The first-order valence-corrected chi connectivity index (χ1v) is 6.70. The minimum Gasteiger partial charge on any atom is -0.330 e. The zero-order valence-electron chi connectivity index (χ0n) is 10.3. The predicted molar refractivity (Wildman–Crippen MR) is 64.8 cm³/mol. The van der Waals surface area contributed by atoms with Crippen LogP contribution in [0.15, 0.2) is 0 Å². The molecule has 2 aliphatic carbocycles. The molecule has 15 heavy (non-hydrogen) atoms. The van der Waals surface area contributed by atoms with Crippen molar-refractivity contribution in [2.24, 2.45) is 11.7 Å². The molecule has 2 rings (SSSR count). The second-order valence-corrected chi connectivity index (χ2v) is 5.68. The normalized spacial score (nSPS) is 31.8. The second kappa shape index (κ2) is 4.84. The van der Waals surface area contributed by atoms with Gasteiger partial charge in [-0.25, -0.2) is 0 Å². The molecular formula is C13H26N2. The molecule has 0 amide bonds. The van der Waals surface area contributed by atoms with Gasteiger partial charge in [-0.15, -0.1) is 0 Å². The third kappa shape index (κ3) is 2.73. The number of nitrogens with two attached hydrogens (primary N) is 1. The zero-order chi connectivity index (χ0) is 10.8. The molecule has 2 heteroatoms. The molecule has 2 nitrogen and oxygen atoms in total. The van der Waals surface area contributed by atoms with Crippen molar-refractivity contribution >= 4 is 0 Å². The summed E-state index contributed by atoms with van der Waals surface area (Å²) in [5, 5.41) is 0. The van der Waals surface area contributed by atoms with E-state index in [-0.39, 0.29) is 0 Å². The van der Waals surface area contributed by atoms with Crippen LogP contribution in [-0.2, 0) is 0 Å². The van der Waals surface area contributed by atoms with Gasteiger partial charge in [-0.2, -0.15) is 0 Å². The zero-order valence-corrected chi connectivity index (χ0v) is 10.3. The summed E-state index contributed by atoms with van der Waals surface area (Å²) < 4.78 is 0. The third-order valence-electron chi connectivity index (χ3n) is 4.07. The van der Waals surface area contributed by atoms with Crippen LogP contribution in [0.5, 0.6) is 0 Å². The Morgan fingerprint density at radius 2 is 1.80 bits per heavy atom. The molecule has 0 aromatic rings. The van der Waals surface area contributed by atoms with E-state index in [1.807, 2.05) is 0 Å². The van der Waals surface area contributed by atoms with Gasteiger partial charge < -0.3 is 5.73 Å². The van der Waals surface area contributed by atoms with E-state index in [1.54, 1.807) is 0 Å². The fourth-order valence-electron chi connectivity index (χ4n) is 3.33. The Balaban J connectivity index is 1.87. The minimum atomic E-state index is 0.735. The molecule has 0 spiro atoms. The van der Waals surface area contributed by atoms with Crippen molar-refractivity contribution in [1.82, 2.24) is 4.90 Å². The summed E-state index contributed by atoms with van der Waals surface area (Å²) in [5.74, 6) is 0.917. The maximum absolute atomic E-state index is 5.65. The van der Waals surface area contributed by atoms with E-state index in [1.165, 1.54) is 38.5 Å². The van der Waals surface area contributed by atoms with Crippen LogP contribution in [0.25, 0.3) is 0 Å². The Morgan fingerprint density at radius 3 is 2.33 bits per heavy atom. The summed E-state index contributed by atoms with van der Waals surface area (Å²) in [6.45, 7) is 5.59. The van der Waals surface area contributed by atoms with Crippen LogP contribution in [0.4, 0.5) is 0 Å². The van der Waals surface area contributed by atoms with Crippen molar-refractivity contribution in [1.29, 1.82) is 0 Å². The maximum Gasteiger partial charge on any atom is 0.0104 e. The van der Waals surface area contributed by atoms with Gasteiger partial charge >= 0.3 is 0 Å². The van der Waals surface area contributed by atoms with Crippen molar-refractivity contribution in [3.8, 4) is 0 Å². The lowest BCUT2D eigenvalue weighted by atomic mass is 10.0. The van der Waals surface area contributed by atoms with E-state index in [0.29, 0.717) is 0 Å². The summed E-state index contributed by atoms with van der Waals surface area (Å²) in [4.78, 5) is 2.79. The van der Waals surface area contributed by atoms with E-state index in [4.69, 9.17) is 5.73 Å². The Bertz CT molecular complexity index is 197. The molecule has 2 aliphatic rings. The van der Waals surface area contributed by atoms with Gasteiger partial charge in [0.15, 0.2) is 0 Å². The van der Waals surface area contributed by atoms with E-state index in [9.17, 15) is 0 Å². The topological polar surface area (TPSA) is 29.3 Å². The predicted octanol–water partition coefficient (Wildman–Crippen LogP) is 2.38. The van der Waals surface area contributed by atoms with Gasteiger partial charge in [0.1, 0.15) is 0 Å². The van der Waals surface area contributed by atoms with Gasteiger partial charge in [0.25, 0.3) is 0 Å². The first-order chi connectivity index (χ1) is 7.22. The fraction of sp³-hybridized carbons (Fsp3) is 1.00. The fourth-order valence-corrected chi connectivity index (χ4v) is 3.33. The smallest absolute Gasteiger partial charge is 0.0104 e. The third-order valence-corrected chi connectivity index (χ3v) is 4.07. The van der Waals surface area contributed by atoms with Crippen molar-refractivity contribution in [3.63, 3.8) is 0 Å². The van der Waals surface area contributed by atoms with E-state index >= 15 is 0 Å². The van der Waals surface area contributed by atoms with Crippen LogP contribution in [-0.4, -0.2) is 29.6 Å². The molecule has 2 saturated carbocycles. The summed E-state index contributed by atoms with van der Waals surface area (Å²) in [7, 11) is 0. The molecule has 2 fully saturated rings. The summed E-state index contributed by atoms with van der Waals surface area (Å²) in [6.07, 6.45) is 8.36. The molecule has 2 unspecified atom stereocenters. The minimum absolute atomic E-state index is 0.735. The molecule has 0 heterocycles. The average molecular weight is 210 g/mol. The van der Waals surface area contributed by atoms with Gasteiger partial charge in [-0.3, -0.25) is 4.90 Å². The van der Waals surface area contributed by atoms with Crippen LogP contribution in [0, 0.1) is 5.92 Å². The Kier molecular flexibility index (Phi) is 3.68. The van der Waals surface area contributed by atoms with Crippen molar-refractivity contribution in [2.45, 2.75) is 70.5 Å². The van der Waals surface area contributed by atoms with E-state index < -0.39 is 0 Å². The summed E-state index contributed by atoms with van der Waals surface area (Å²) in [5.41, 5.74) is 5.65. The molecule has 0 saturated heterocycles. The highest BCUT2D eigenvalue weighted by Crippen LogP contribution is 2.38. The summed E-state index contributed by atoms with van der Waals surface area (Å²) >= 11 is 0. The largest absolute Gasteiger partial charge is 0.330 e. The molecular weight excluding hydrogens is 184 g/mol. The molecule has 0 aliphatic heterocycles. The van der Waals surface area contributed by atoms with Crippen molar-refractivity contribution < 1.29 is 0 Å². The summed E-state index contributed by atoms with van der Waals surface area (Å²) in [6, 6.07) is 2.53. The molecule has 0 aromatic heterocycles. The van der Waals surface area contributed by atoms with Crippen LogP contribution >= 0.6 is 0 Å². The van der Waals surface area contributed by atoms with E-state index in [0.717, 1.165) is 30.6 Å². The standard InChI is InChI=1S/C13H26N2/c1-10(2)15(12-5-6-12)13-4-3-11(9-13)7-8-14/h10-13H,3-9,14H2,1-2H3. The molecule has 2 N–H and O–H groups in total. The number of hydrogen-bond acceptors (Lipinski definition) is 2. The molecule has 0 aromatic carbocycles. The Morgan fingerprint density at radius 1 is 1.13 bits per heavy atom. The van der Waals surface area contributed by atoms with Gasteiger partial charge in [-0.1, -0.05) is 0 Å². The van der Waals surface area contributed by atoms with E-state index in [2.05, 4.69) is 18.7 Å². The number of rotatable bonds is 5. The SMILES string of the molecule is CC(C)N(C1CC1)C1CCC(CCN)C1. The average Bonchev–Trinajstić information content (AvgIpc) is 2.88. The Hall–Kier alpha value is -0.0800. The van der Waals surface area contributed by atoms with Gasteiger partial charge in [-0.05, 0) is 64.8 Å². The first kappa shape index (κ1) is 11.4. The van der Waals surface area contributed by atoms with Crippen LogP contribution in [0.1, 0.15) is 52.4 Å². The number of hydrogen-bond donors (Lipinski definition) is 1. The maximum atomic E-state index is 5.65. The van der Waals surface area contributed by atoms with Crippen LogP contribution < -0.4 is 5.73 Å². The van der Waals surface area contributed by atoms with Crippen molar-refractivity contribution in [2.75, 3.05) is 6.54 Å². The highest BCUT2D eigenvalue weighted by molar-refractivity contribution is 4.93. The molecule has 88 valence electrons. The van der Waals surface area contributed by atoms with Crippen LogP contribution in [0.2, 0.25) is 0 Å². The number of nitrogens with zero attached hydrogens (tertiary/aromatic N) is 1. The highest BCUT2D eigenvalue weighted by Gasteiger charge is 2.38. The lowest BCUT2D eigenvalue weighted by molar-refractivity contribution is 0.141. The molecule has 0 radical (unpaired) electrons. The lowest BCUT2D eigenvalue weighted by Gasteiger charge is -2.33. The van der Waals surface area contributed by atoms with Gasteiger partial charge in [0.05, 0.1) is 0 Å². The lowest BCUT2D eigenvalue weighted by Crippen LogP contribution is -2.40. The monoisotopic (exact) mass is 210 g/mol. The highest BCUT2D eigenvalue weighted by atomic mass is 15.2. The Labute approximate surface area is 94.2 Å². The molecule has 0 bridgehead atoms. The first-order valence-electron chi connectivity index (χ1n) is 6.70. The van der Waals surface area contributed by atoms with Gasteiger partial charge in [0.2, 0.25) is 0 Å².